The number of ether oxygens (including phenoxy) is 8. The number of carbonyl (C=O) groups is 2. The average molecular weight is 803 g/mol. The summed E-state index contributed by atoms with van der Waals surface area (Å²) in [5.74, 6) is 1.67. The number of carbonyl (C=O) groups excluding carboxylic acids is 2. The van der Waals surface area contributed by atoms with Crippen molar-refractivity contribution in [2.75, 3.05) is 14.2 Å². The van der Waals surface area contributed by atoms with E-state index in [-0.39, 0.29) is 45.1 Å². The molecule has 0 N–H and O–H groups in total. The van der Waals surface area contributed by atoms with Gasteiger partial charge in [0.25, 0.3) is 0 Å². The van der Waals surface area contributed by atoms with Crippen LogP contribution in [-0.2, 0) is 45.5 Å². The van der Waals surface area contributed by atoms with Crippen molar-refractivity contribution in [1.82, 2.24) is 9.97 Å². The van der Waals surface area contributed by atoms with Gasteiger partial charge in [-0.2, -0.15) is 0 Å². The minimum absolute atomic E-state index is 0.0122. The molecule has 2 heterocycles. The number of hydrogen-bond acceptors (Lipinski definition) is 12. The van der Waals surface area contributed by atoms with E-state index < -0.39 is 17.9 Å². The fourth-order valence-corrected chi connectivity index (χ4v) is 6.21. The van der Waals surface area contributed by atoms with Crippen molar-refractivity contribution < 1.29 is 47.5 Å². The Morgan fingerprint density at radius 3 is 1.29 bits per heavy atom. The number of aromatic nitrogens is 2. The summed E-state index contributed by atoms with van der Waals surface area (Å²) in [5.41, 5.74) is 4.64. The van der Waals surface area contributed by atoms with Crippen LogP contribution in [0.4, 0.5) is 0 Å². The van der Waals surface area contributed by atoms with Crippen molar-refractivity contribution in [1.29, 1.82) is 0 Å². The molecule has 0 aliphatic rings. The van der Waals surface area contributed by atoms with Gasteiger partial charge in [0.2, 0.25) is 0 Å². The number of rotatable bonds is 19. The Kier molecular flexibility index (Phi) is 14.1. The molecule has 0 unspecified atom stereocenters. The maximum absolute atomic E-state index is 13.0. The topological polar surface area (TPSA) is 134 Å². The van der Waals surface area contributed by atoms with E-state index in [4.69, 9.17) is 37.9 Å². The third kappa shape index (κ3) is 10.9. The predicted molar refractivity (Wildman–Crippen MR) is 223 cm³/mol. The Morgan fingerprint density at radius 1 is 0.542 bits per heavy atom. The molecule has 0 aliphatic carbocycles. The average Bonchev–Trinajstić information content (AvgIpc) is 3.24. The van der Waals surface area contributed by atoms with Gasteiger partial charge in [-0.1, -0.05) is 31.2 Å². The molecule has 4 aromatic carbocycles. The molecule has 0 bridgehead atoms. The lowest BCUT2D eigenvalue weighted by Gasteiger charge is -2.17. The second-order valence-electron chi connectivity index (χ2n) is 14.4. The van der Waals surface area contributed by atoms with Crippen LogP contribution in [-0.4, -0.2) is 48.3 Å². The summed E-state index contributed by atoms with van der Waals surface area (Å²) >= 11 is 0. The van der Waals surface area contributed by atoms with E-state index in [1.165, 1.54) is 0 Å². The molecule has 12 nitrogen and oxygen atoms in total. The smallest absolute Gasteiger partial charge is 0.320 e. The summed E-state index contributed by atoms with van der Waals surface area (Å²) in [6.07, 6.45) is 3.63. The number of hydrogen-bond donors (Lipinski definition) is 0. The first kappa shape index (κ1) is 42.1. The van der Waals surface area contributed by atoms with Crippen LogP contribution < -0.4 is 28.4 Å². The second-order valence-corrected chi connectivity index (χ2v) is 14.4. The Balaban J connectivity index is 0.980. The van der Waals surface area contributed by atoms with Crippen molar-refractivity contribution in [2.24, 2.45) is 5.92 Å². The highest BCUT2D eigenvalue weighted by Gasteiger charge is 2.28. The Morgan fingerprint density at radius 2 is 0.932 bits per heavy atom. The molecule has 0 radical (unpaired) electrons. The van der Waals surface area contributed by atoms with Crippen LogP contribution in [0.5, 0.6) is 34.5 Å². The summed E-state index contributed by atoms with van der Waals surface area (Å²) in [5, 5.41) is 1.68. The number of benzene rings is 4. The van der Waals surface area contributed by atoms with Crippen LogP contribution in [0.15, 0.2) is 97.3 Å². The van der Waals surface area contributed by atoms with Gasteiger partial charge < -0.3 is 37.9 Å². The summed E-state index contributed by atoms with van der Waals surface area (Å²) in [6.45, 7) is 10.0. The second kappa shape index (κ2) is 19.7. The quantitative estimate of drug-likeness (QED) is 0.0571. The van der Waals surface area contributed by atoms with E-state index in [0.29, 0.717) is 34.5 Å². The van der Waals surface area contributed by atoms with Crippen LogP contribution >= 0.6 is 0 Å². The van der Waals surface area contributed by atoms with Gasteiger partial charge in [0.05, 0.1) is 48.6 Å². The third-order valence-electron chi connectivity index (χ3n) is 9.28. The number of pyridine rings is 2. The first-order chi connectivity index (χ1) is 28.5. The highest BCUT2D eigenvalue weighted by molar-refractivity contribution is 5.95. The van der Waals surface area contributed by atoms with Crippen LogP contribution in [0.2, 0.25) is 0 Å². The van der Waals surface area contributed by atoms with E-state index in [9.17, 15) is 9.59 Å². The Bertz CT molecular complexity index is 2200. The first-order valence-corrected chi connectivity index (χ1v) is 19.6. The zero-order chi connectivity index (χ0) is 41.9. The molecular weight excluding hydrogens is 753 g/mol. The fourth-order valence-electron chi connectivity index (χ4n) is 6.21. The van der Waals surface area contributed by atoms with Gasteiger partial charge >= 0.3 is 11.9 Å². The molecule has 6 rings (SSSR count). The summed E-state index contributed by atoms with van der Waals surface area (Å²) in [4.78, 5) is 35.1. The van der Waals surface area contributed by atoms with Gasteiger partial charge in [0.1, 0.15) is 60.9 Å². The van der Waals surface area contributed by atoms with Crippen LogP contribution in [0.25, 0.3) is 21.8 Å². The van der Waals surface area contributed by atoms with E-state index in [1.807, 2.05) is 64.1 Å². The zero-order valence-electron chi connectivity index (χ0n) is 34.5. The molecule has 0 spiro atoms. The van der Waals surface area contributed by atoms with Gasteiger partial charge in [-0.25, -0.2) is 0 Å². The molecule has 12 heteroatoms. The number of fused-ring (bicyclic) bond motifs is 2. The lowest BCUT2D eigenvalue weighted by molar-refractivity contribution is -0.163. The van der Waals surface area contributed by atoms with Crippen molar-refractivity contribution in [2.45, 2.75) is 79.7 Å². The maximum Gasteiger partial charge on any atom is 0.320 e. The van der Waals surface area contributed by atoms with Crippen molar-refractivity contribution >= 4 is 33.7 Å². The van der Waals surface area contributed by atoms with Gasteiger partial charge in [-0.3, -0.25) is 19.6 Å². The normalized spacial score (nSPS) is 11.2. The SMILES string of the molecule is CCC(C(=O)OCc1ccc(OCc2cnc3ccc(OC)cc3c2OC(C)C)cc1)C(=O)OCc1ccc(OCc2cnc3ccc(OC)cc3c2OC(C)C)cc1. The molecule has 6 aromatic rings. The van der Waals surface area contributed by atoms with Crippen molar-refractivity contribution in [3.8, 4) is 34.5 Å². The van der Waals surface area contributed by atoms with E-state index >= 15 is 0 Å². The largest absolute Gasteiger partial charge is 0.497 e. The van der Waals surface area contributed by atoms with Gasteiger partial charge in [-0.15, -0.1) is 0 Å². The molecular formula is C47H50N2O10. The molecule has 308 valence electrons. The standard InChI is InChI=1S/C47H50N2O10/c1-8-39(46(50)56-25-31-9-13-35(14-10-31)54-27-33-23-48-42-19-17-37(52-6)21-40(42)44(33)58-29(2)3)47(51)57-26-32-11-15-36(16-12-32)55-28-34-24-49-43-20-18-38(53-7)22-41(43)45(34)59-30(4)5/h9-24,29-30,39H,8,25-28H2,1-7H3. The monoisotopic (exact) mass is 802 g/mol. The van der Waals surface area contributed by atoms with E-state index in [2.05, 4.69) is 9.97 Å². The predicted octanol–water partition coefficient (Wildman–Crippen LogP) is 9.35. The summed E-state index contributed by atoms with van der Waals surface area (Å²) in [6, 6.07) is 25.7. The lowest BCUT2D eigenvalue weighted by Crippen LogP contribution is -2.27. The Hall–Kier alpha value is -6.56. The Labute approximate surface area is 344 Å². The number of nitrogens with zero attached hydrogens (tertiary/aromatic N) is 2. The molecule has 0 saturated heterocycles. The molecule has 0 aliphatic heterocycles. The van der Waals surface area contributed by atoms with Crippen molar-refractivity contribution in [3.63, 3.8) is 0 Å². The van der Waals surface area contributed by atoms with Gasteiger partial charge in [0, 0.05) is 23.2 Å². The lowest BCUT2D eigenvalue weighted by atomic mass is 10.1. The highest BCUT2D eigenvalue weighted by Crippen LogP contribution is 2.34. The molecule has 0 atom stereocenters. The molecule has 0 fully saturated rings. The van der Waals surface area contributed by atoms with E-state index in [0.717, 1.165) is 44.1 Å². The molecule has 59 heavy (non-hydrogen) atoms. The molecule has 2 aromatic heterocycles. The third-order valence-corrected chi connectivity index (χ3v) is 9.28. The number of methoxy groups -OCH3 is 2. The summed E-state index contributed by atoms with van der Waals surface area (Å²) < 4.78 is 46.4. The molecule has 0 amide bonds. The minimum atomic E-state index is -1.06. The van der Waals surface area contributed by atoms with Crippen LogP contribution in [0.3, 0.4) is 0 Å². The minimum Gasteiger partial charge on any atom is -0.497 e. The maximum atomic E-state index is 13.0. The highest BCUT2D eigenvalue weighted by atomic mass is 16.6. The van der Waals surface area contributed by atoms with E-state index in [1.54, 1.807) is 82.1 Å². The van der Waals surface area contributed by atoms with Gasteiger partial charge in [-0.05, 0) is 106 Å². The fraction of sp³-hybridized carbons (Fsp3) is 0.319. The van der Waals surface area contributed by atoms with Gasteiger partial charge in [0.15, 0.2) is 5.92 Å². The van der Waals surface area contributed by atoms with Crippen molar-refractivity contribution in [3.05, 3.63) is 120 Å². The molecule has 0 saturated carbocycles. The van der Waals surface area contributed by atoms with Crippen LogP contribution in [0, 0.1) is 5.92 Å². The first-order valence-electron chi connectivity index (χ1n) is 19.6. The van der Waals surface area contributed by atoms with Crippen LogP contribution in [0.1, 0.15) is 63.3 Å². The summed E-state index contributed by atoms with van der Waals surface area (Å²) in [7, 11) is 3.24. The zero-order valence-corrected chi connectivity index (χ0v) is 34.5. The number of esters is 2.